The summed E-state index contributed by atoms with van der Waals surface area (Å²) in [5.74, 6) is 1.86. The zero-order valence-electron chi connectivity index (χ0n) is 12.6. The van der Waals surface area contributed by atoms with Gasteiger partial charge in [-0.15, -0.1) is 0 Å². The second-order valence-corrected chi connectivity index (χ2v) is 7.05. The Kier molecular flexibility index (Phi) is 5.50. The quantitative estimate of drug-likeness (QED) is 0.808. The highest BCUT2D eigenvalue weighted by Gasteiger charge is 2.27. The van der Waals surface area contributed by atoms with Crippen molar-refractivity contribution in [1.29, 1.82) is 0 Å². The first-order valence-corrected chi connectivity index (χ1v) is 8.08. The van der Waals surface area contributed by atoms with Gasteiger partial charge in [0.2, 0.25) is 0 Å². The van der Waals surface area contributed by atoms with Crippen molar-refractivity contribution in [3.8, 4) is 0 Å². The van der Waals surface area contributed by atoms with Crippen LogP contribution in [-0.4, -0.2) is 37.1 Å². The van der Waals surface area contributed by atoms with Gasteiger partial charge in [0.1, 0.15) is 0 Å². The summed E-state index contributed by atoms with van der Waals surface area (Å²) in [7, 11) is 2.35. The molecular weight excluding hydrogens is 220 g/mol. The minimum absolute atomic E-state index is 0.764. The predicted molar refractivity (Wildman–Crippen MR) is 78.9 cm³/mol. The molecule has 2 nitrogen and oxygen atoms in total. The molecule has 0 aromatic rings. The molecule has 1 heterocycles. The fourth-order valence-electron chi connectivity index (χ4n) is 3.95. The first kappa shape index (κ1) is 14.3. The fraction of sp³-hybridized carbons (Fsp3) is 1.00. The lowest BCUT2D eigenvalue weighted by Crippen LogP contribution is -2.43. The summed E-state index contributed by atoms with van der Waals surface area (Å²) in [6.07, 6.45) is 9.99. The lowest BCUT2D eigenvalue weighted by atomic mass is 9.80. The SMILES string of the molecule is CC(C)CC1CCCC(N(C)CC2CCCN2)C1. The third kappa shape index (κ3) is 4.24. The van der Waals surface area contributed by atoms with E-state index in [0.29, 0.717) is 0 Å². The Labute approximate surface area is 114 Å². The molecule has 3 unspecified atom stereocenters. The van der Waals surface area contributed by atoms with Gasteiger partial charge in [-0.05, 0) is 57.5 Å². The van der Waals surface area contributed by atoms with Crippen LogP contribution >= 0.6 is 0 Å². The van der Waals surface area contributed by atoms with Crippen LogP contribution in [0.15, 0.2) is 0 Å². The second kappa shape index (κ2) is 6.91. The van der Waals surface area contributed by atoms with Gasteiger partial charge < -0.3 is 10.2 Å². The van der Waals surface area contributed by atoms with Gasteiger partial charge in [-0.25, -0.2) is 0 Å². The average molecular weight is 252 g/mol. The highest BCUT2D eigenvalue weighted by atomic mass is 15.2. The van der Waals surface area contributed by atoms with Gasteiger partial charge >= 0.3 is 0 Å². The fourth-order valence-corrected chi connectivity index (χ4v) is 3.95. The number of hydrogen-bond donors (Lipinski definition) is 1. The molecule has 0 aromatic carbocycles. The standard InChI is InChI=1S/C16H32N2/c1-13(2)10-14-6-4-8-16(11-14)18(3)12-15-7-5-9-17-15/h13-17H,4-12H2,1-3H3. The van der Waals surface area contributed by atoms with E-state index in [9.17, 15) is 0 Å². The molecule has 1 saturated carbocycles. The van der Waals surface area contributed by atoms with Crippen LogP contribution in [0.3, 0.4) is 0 Å². The Bertz CT molecular complexity index is 233. The van der Waals surface area contributed by atoms with Gasteiger partial charge in [0.15, 0.2) is 0 Å². The van der Waals surface area contributed by atoms with Gasteiger partial charge in [-0.3, -0.25) is 0 Å². The van der Waals surface area contributed by atoms with Crippen molar-refractivity contribution in [2.45, 2.75) is 70.9 Å². The number of nitrogens with zero attached hydrogens (tertiary/aromatic N) is 1. The molecule has 1 aliphatic carbocycles. The number of nitrogens with one attached hydrogen (secondary N) is 1. The lowest BCUT2D eigenvalue weighted by molar-refractivity contribution is 0.139. The predicted octanol–water partition coefficient (Wildman–Crippen LogP) is 3.28. The van der Waals surface area contributed by atoms with E-state index in [1.165, 1.54) is 58.0 Å². The molecule has 2 heteroatoms. The number of rotatable bonds is 5. The van der Waals surface area contributed by atoms with Crippen LogP contribution in [0.1, 0.15) is 58.8 Å². The topological polar surface area (TPSA) is 15.3 Å². The number of likely N-dealkylation sites (N-methyl/N-ethyl adjacent to an activating group) is 1. The molecule has 0 radical (unpaired) electrons. The van der Waals surface area contributed by atoms with Gasteiger partial charge in [0.25, 0.3) is 0 Å². The molecule has 0 aromatic heterocycles. The summed E-state index contributed by atoms with van der Waals surface area (Å²) < 4.78 is 0. The Balaban J connectivity index is 1.76. The zero-order valence-corrected chi connectivity index (χ0v) is 12.6. The monoisotopic (exact) mass is 252 g/mol. The number of hydrogen-bond acceptors (Lipinski definition) is 2. The Hall–Kier alpha value is -0.0800. The van der Waals surface area contributed by atoms with E-state index in [1.54, 1.807) is 0 Å². The van der Waals surface area contributed by atoms with Crippen LogP contribution < -0.4 is 5.32 Å². The molecule has 3 atom stereocenters. The van der Waals surface area contributed by atoms with Gasteiger partial charge in [-0.2, -0.15) is 0 Å². The smallest absolute Gasteiger partial charge is 0.0195 e. The van der Waals surface area contributed by atoms with E-state index >= 15 is 0 Å². The maximum atomic E-state index is 3.63. The summed E-state index contributed by atoms with van der Waals surface area (Å²) in [5, 5.41) is 3.63. The first-order chi connectivity index (χ1) is 8.65. The zero-order chi connectivity index (χ0) is 13.0. The Morgan fingerprint density at radius 1 is 1.17 bits per heavy atom. The van der Waals surface area contributed by atoms with Crippen molar-refractivity contribution < 1.29 is 0 Å². The third-order valence-electron chi connectivity index (χ3n) is 4.85. The summed E-state index contributed by atoms with van der Waals surface area (Å²) in [4.78, 5) is 2.65. The lowest BCUT2D eigenvalue weighted by Gasteiger charge is -2.37. The van der Waals surface area contributed by atoms with Crippen molar-refractivity contribution in [1.82, 2.24) is 10.2 Å². The van der Waals surface area contributed by atoms with Gasteiger partial charge in [0, 0.05) is 18.6 Å². The molecule has 2 aliphatic rings. The molecule has 1 saturated heterocycles. The van der Waals surface area contributed by atoms with Gasteiger partial charge in [-0.1, -0.05) is 26.7 Å². The normalized spacial score (nSPS) is 33.5. The van der Waals surface area contributed by atoms with Crippen LogP contribution in [0.5, 0.6) is 0 Å². The van der Waals surface area contributed by atoms with E-state index in [0.717, 1.165) is 23.9 Å². The van der Waals surface area contributed by atoms with Crippen LogP contribution in [0.2, 0.25) is 0 Å². The van der Waals surface area contributed by atoms with Crippen LogP contribution in [0.25, 0.3) is 0 Å². The van der Waals surface area contributed by atoms with Crippen LogP contribution in [0.4, 0.5) is 0 Å². The summed E-state index contributed by atoms with van der Waals surface area (Å²) in [5.41, 5.74) is 0. The molecule has 2 fully saturated rings. The van der Waals surface area contributed by atoms with Crippen molar-refractivity contribution in [3.05, 3.63) is 0 Å². The molecule has 0 spiro atoms. The third-order valence-corrected chi connectivity index (χ3v) is 4.85. The Morgan fingerprint density at radius 3 is 2.67 bits per heavy atom. The molecule has 2 rings (SSSR count). The summed E-state index contributed by atoms with van der Waals surface area (Å²) >= 11 is 0. The molecule has 0 bridgehead atoms. The van der Waals surface area contributed by atoms with Gasteiger partial charge in [0.05, 0.1) is 0 Å². The average Bonchev–Trinajstić information content (AvgIpc) is 2.81. The minimum atomic E-state index is 0.764. The van der Waals surface area contributed by atoms with E-state index < -0.39 is 0 Å². The molecule has 0 amide bonds. The first-order valence-electron chi connectivity index (χ1n) is 8.08. The minimum Gasteiger partial charge on any atom is -0.313 e. The van der Waals surface area contributed by atoms with Crippen LogP contribution in [-0.2, 0) is 0 Å². The maximum absolute atomic E-state index is 3.63. The van der Waals surface area contributed by atoms with Crippen molar-refractivity contribution in [3.63, 3.8) is 0 Å². The molecule has 1 N–H and O–H groups in total. The summed E-state index contributed by atoms with van der Waals surface area (Å²) in [6.45, 7) is 7.24. The van der Waals surface area contributed by atoms with E-state index in [4.69, 9.17) is 0 Å². The molecule has 106 valence electrons. The Morgan fingerprint density at radius 2 is 2.00 bits per heavy atom. The highest BCUT2D eigenvalue weighted by Crippen LogP contribution is 2.31. The molecular formula is C16H32N2. The van der Waals surface area contributed by atoms with E-state index in [2.05, 4.69) is 31.1 Å². The highest BCUT2D eigenvalue weighted by molar-refractivity contribution is 4.83. The summed E-state index contributed by atoms with van der Waals surface area (Å²) in [6, 6.07) is 1.62. The molecule has 18 heavy (non-hydrogen) atoms. The van der Waals surface area contributed by atoms with E-state index in [-0.39, 0.29) is 0 Å². The maximum Gasteiger partial charge on any atom is 0.0195 e. The molecule has 1 aliphatic heterocycles. The second-order valence-electron chi connectivity index (χ2n) is 7.05. The van der Waals surface area contributed by atoms with E-state index in [1.807, 2.05) is 0 Å². The van der Waals surface area contributed by atoms with Crippen molar-refractivity contribution >= 4 is 0 Å². The van der Waals surface area contributed by atoms with Crippen molar-refractivity contribution in [2.75, 3.05) is 20.1 Å². The largest absolute Gasteiger partial charge is 0.313 e. The van der Waals surface area contributed by atoms with Crippen molar-refractivity contribution in [2.24, 2.45) is 11.8 Å². The van der Waals surface area contributed by atoms with Crippen LogP contribution in [0, 0.1) is 11.8 Å².